The maximum atomic E-state index is 11.1. The van der Waals surface area contributed by atoms with Gasteiger partial charge in [-0.3, -0.25) is 4.79 Å². The molecule has 0 spiro atoms. The third-order valence-electron chi connectivity index (χ3n) is 9.16. The zero-order chi connectivity index (χ0) is 23.3. The van der Waals surface area contributed by atoms with E-state index in [2.05, 4.69) is 39.5 Å². The lowest BCUT2D eigenvalue weighted by Gasteiger charge is -2.61. The zero-order valence-electron chi connectivity index (χ0n) is 19.5. The second-order valence-corrected chi connectivity index (χ2v) is 11.2. The normalized spacial score (nSPS) is 48.4. The molecule has 32 heavy (non-hydrogen) atoms. The van der Waals surface area contributed by atoms with Gasteiger partial charge in [0.1, 0.15) is 12.2 Å². The molecule has 0 saturated heterocycles. The van der Waals surface area contributed by atoms with Gasteiger partial charge in [-0.05, 0) is 67.3 Å². The van der Waals surface area contributed by atoms with Gasteiger partial charge < -0.3 is 24.8 Å². The second-order valence-electron chi connectivity index (χ2n) is 11.2. The molecule has 2 fully saturated rings. The summed E-state index contributed by atoms with van der Waals surface area (Å²) in [7, 11) is 0. The van der Waals surface area contributed by atoms with Crippen molar-refractivity contribution in [2.24, 2.45) is 28.1 Å². The van der Waals surface area contributed by atoms with Crippen LogP contribution in [0.15, 0.2) is 36.1 Å². The van der Waals surface area contributed by atoms with Crippen LogP contribution in [0.2, 0.25) is 0 Å². The first-order valence-corrected chi connectivity index (χ1v) is 11.9. The summed E-state index contributed by atoms with van der Waals surface area (Å²) in [6.07, 6.45) is 7.81. The van der Waals surface area contributed by atoms with Crippen molar-refractivity contribution in [1.29, 1.82) is 0 Å². The molecule has 3 N–H and O–H groups in total. The second kappa shape index (κ2) is 8.39. The van der Waals surface area contributed by atoms with Gasteiger partial charge in [0, 0.05) is 5.41 Å². The SMILES string of the molecule is C=C[C@@]1(C)CC[C@H]2C(=CC[C@@H]3[C@]2(C)CC[C@H](O)[C@]3(C)CO[C@@H]2OC(C=O)=C[C@@H](O)[C@@H]2O)C1. The number of carbonyl (C=O) groups is 1. The van der Waals surface area contributed by atoms with E-state index in [4.69, 9.17) is 9.47 Å². The van der Waals surface area contributed by atoms with Crippen LogP contribution >= 0.6 is 0 Å². The first kappa shape index (κ1) is 23.7. The topological polar surface area (TPSA) is 96.2 Å². The molecule has 0 aromatic rings. The number of aliphatic hydroxyl groups is 3. The van der Waals surface area contributed by atoms with Gasteiger partial charge in [-0.1, -0.05) is 38.5 Å². The summed E-state index contributed by atoms with van der Waals surface area (Å²) in [5.74, 6) is 0.654. The van der Waals surface area contributed by atoms with E-state index in [0.717, 1.165) is 32.1 Å². The third-order valence-corrected chi connectivity index (χ3v) is 9.16. The molecule has 0 unspecified atom stereocenters. The van der Waals surface area contributed by atoms with Gasteiger partial charge in [0.15, 0.2) is 12.0 Å². The molecule has 0 amide bonds. The van der Waals surface area contributed by atoms with Gasteiger partial charge >= 0.3 is 0 Å². The molecule has 1 aliphatic heterocycles. The molecular weight excluding hydrogens is 408 g/mol. The summed E-state index contributed by atoms with van der Waals surface area (Å²) in [5, 5.41) is 31.4. The van der Waals surface area contributed by atoms with Crippen molar-refractivity contribution in [3.63, 3.8) is 0 Å². The standard InChI is InChI=1S/C26H38O6/c1-5-24(2)10-8-18-16(13-24)6-7-20-25(18,3)11-9-21(29)26(20,4)15-31-23-22(30)19(28)12-17(14-27)32-23/h5-6,12,14,18-23,28-30H,1,7-11,13,15H2,2-4H3/t18-,19+,20+,21-,22-,23+,24-,25+,26+/m0/s1. The number of carbonyl (C=O) groups excluding carboxylic acids is 1. The summed E-state index contributed by atoms with van der Waals surface area (Å²) in [4.78, 5) is 11.1. The highest BCUT2D eigenvalue weighted by Crippen LogP contribution is 2.63. The lowest BCUT2D eigenvalue weighted by molar-refractivity contribution is -0.237. The van der Waals surface area contributed by atoms with Gasteiger partial charge in [0.05, 0.1) is 12.7 Å². The van der Waals surface area contributed by atoms with E-state index in [0.29, 0.717) is 18.6 Å². The number of fused-ring (bicyclic) bond motifs is 3. The zero-order valence-corrected chi connectivity index (χ0v) is 19.5. The monoisotopic (exact) mass is 446 g/mol. The van der Waals surface area contributed by atoms with E-state index in [-0.39, 0.29) is 29.1 Å². The van der Waals surface area contributed by atoms with Gasteiger partial charge in [-0.25, -0.2) is 0 Å². The summed E-state index contributed by atoms with van der Waals surface area (Å²) in [6.45, 7) is 11.0. The smallest absolute Gasteiger partial charge is 0.229 e. The molecule has 178 valence electrons. The van der Waals surface area contributed by atoms with E-state index in [1.807, 2.05) is 0 Å². The first-order valence-electron chi connectivity index (χ1n) is 11.9. The molecule has 6 heteroatoms. The third kappa shape index (κ3) is 3.79. The van der Waals surface area contributed by atoms with Crippen LogP contribution in [0.25, 0.3) is 0 Å². The average molecular weight is 447 g/mol. The molecule has 1 heterocycles. The van der Waals surface area contributed by atoms with Gasteiger partial charge in [-0.15, -0.1) is 6.58 Å². The van der Waals surface area contributed by atoms with Crippen molar-refractivity contribution < 1.29 is 29.6 Å². The number of ether oxygens (including phenoxy) is 2. The Hall–Kier alpha value is -1.47. The summed E-state index contributed by atoms with van der Waals surface area (Å²) in [5.41, 5.74) is 1.21. The minimum atomic E-state index is -1.29. The number of aldehydes is 1. The largest absolute Gasteiger partial charge is 0.459 e. The molecule has 2 saturated carbocycles. The molecule has 3 aliphatic carbocycles. The van der Waals surface area contributed by atoms with Crippen LogP contribution in [-0.4, -0.2) is 52.8 Å². The van der Waals surface area contributed by atoms with E-state index < -0.39 is 30.0 Å². The van der Waals surface area contributed by atoms with Crippen LogP contribution < -0.4 is 0 Å². The van der Waals surface area contributed by atoms with E-state index >= 15 is 0 Å². The van der Waals surface area contributed by atoms with Crippen molar-refractivity contribution in [2.45, 2.75) is 83.9 Å². The highest BCUT2D eigenvalue weighted by atomic mass is 16.7. The number of rotatable bonds is 5. The average Bonchev–Trinajstić information content (AvgIpc) is 2.77. The molecule has 0 aromatic carbocycles. The fourth-order valence-electron chi connectivity index (χ4n) is 6.97. The molecule has 4 aliphatic rings. The molecule has 0 radical (unpaired) electrons. The minimum Gasteiger partial charge on any atom is -0.459 e. The van der Waals surface area contributed by atoms with Crippen LogP contribution in [0.1, 0.15) is 59.3 Å². The Morgan fingerprint density at radius 2 is 1.97 bits per heavy atom. The quantitative estimate of drug-likeness (QED) is 0.443. The highest BCUT2D eigenvalue weighted by Gasteiger charge is 2.58. The lowest BCUT2D eigenvalue weighted by Crippen LogP contribution is -2.58. The molecule has 0 bridgehead atoms. The van der Waals surface area contributed by atoms with Crippen molar-refractivity contribution in [1.82, 2.24) is 0 Å². The molecule has 0 aromatic heterocycles. The molecule has 4 rings (SSSR count). The van der Waals surface area contributed by atoms with Crippen LogP contribution in [0.5, 0.6) is 0 Å². The van der Waals surface area contributed by atoms with E-state index in [1.165, 1.54) is 11.6 Å². The van der Waals surface area contributed by atoms with Crippen LogP contribution in [0.3, 0.4) is 0 Å². The van der Waals surface area contributed by atoms with Crippen molar-refractivity contribution >= 4 is 6.29 Å². The molecule has 6 nitrogen and oxygen atoms in total. The van der Waals surface area contributed by atoms with Crippen LogP contribution in [0, 0.1) is 28.1 Å². The first-order chi connectivity index (χ1) is 15.1. The maximum absolute atomic E-state index is 11.1. The Labute approximate surface area is 191 Å². The highest BCUT2D eigenvalue weighted by molar-refractivity contribution is 5.70. The van der Waals surface area contributed by atoms with Gasteiger partial charge in [0.25, 0.3) is 0 Å². The number of hydrogen-bond donors (Lipinski definition) is 3. The Morgan fingerprint density at radius 3 is 2.66 bits per heavy atom. The predicted octanol–water partition coefficient (Wildman–Crippen LogP) is 3.27. The van der Waals surface area contributed by atoms with Crippen molar-refractivity contribution in [3.8, 4) is 0 Å². The van der Waals surface area contributed by atoms with Crippen LogP contribution in [0.4, 0.5) is 0 Å². The maximum Gasteiger partial charge on any atom is 0.229 e. The molecule has 9 atom stereocenters. The number of allylic oxidation sites excluding steroid dienone is 4. The summed E-state index contributed by atoms with van der Waals surface area (Å²) >= 11 is 0. The Kier molecular flexibility index (Phi) is 6.21. The van der Waals surface area contributed by atoms with Crippen molar-refractivity contribution in [2.75, 3.05) is 6.61 Å². The predicted molar refractivity (Wildman–Crippen MR) is 120 cm³/mol. The van der Waals surface area contributed by atoms with Crippen molar-refractivity contribution in [3.05, 3.63) is 36.1 Å². The Morgan fingerprint density at radius 1 is 1.22 bits per heavy atom. The number of aliphatic hydroxyl groups excluding tert-OH is 3. The van der Waals surface area contributed by atoms with E-state index in [9.17, 15) is 20.1 Å². The lowest BCUT2D eigenvalue weighted by atomic mass is 9.45. The van der Waals surface area contributed by atoms with Gasteiger partial charge in [0.2, 0.25) is 6.29 Å². The Bertz CT molecular complexity index is 819. The summed E-state index contributed by atoms with van der Waals surface area (Å²) < 4.78 is 11.4. The minimum absolute atomic E-state index is 0.0512. The van der Waals surface area contributed by atoms with Gasteiger partial charge in [-0.2, -0.15) is 0 Å². The fourth-order valence-corrected chi connectivity index (χ4v) is 6.97. The molecular formula is C26H38O6. The van der Waals surface area contributed by atoms with Crippen LogP contribution in [-0.2, 0) is 14.3 Å². The van der Waals surface area contributed by atoms with E-state index in [1.54, 1.807) is 0 Å². The Balaban J connectivity index is 1.56. The summed E-state index contributed by atoms with van der Waals surface area (Å²) in [6, 6.07) is 0. The fraction of sp³-hybridized carbons (Fsp3) is 0.731. The number of hydrogen-bond acceptors (Lipinski definition) is 6.